The van der Waals surface area contributed by atoms with Gasteiger partial charge in [-0.2, -0.15) is 18.3 Å². The van der Waals surface area contributed by atoms with Crippen LogP contribution in [0.2, 0.25) is 0 Å². The van der Waals surface area contributed by atoms with Crippen LogP contribution in [0.1, 0.15) is 36.3 Å². The Morgan fingerprint density at radius 1 is 1.25 bits per heavy atom. The van der Waals surface area contributed by atoms with Crippen LogP contribution in [0.3, 0.4) is 0 Å². The van der Waals surface area contributed by atoms with Crippen molar-refractivity contribution in [1.82, 2.24) is 19.7 Å². The zero-order valence-corrected chi connectivity index (χ0v) is 13.7. The minimum atomic E-state index is -4.46. The Labute approximate surface area is 138 Å². The van der Waals surface area contributed by atoms with Crippen molar-refractivity contribution >= 4 is 5.95 Å². The third-order valence-corrected chi connectivity index (χ3v) is 4.30. The summed E-state index contributed by atoms with van der Waals surface area (Å²) >= 11 is 0. The third kappa shape index (κ3) is 3.52. The molecule has 0 radical (unpaired) electrons. The van der Waals surface area contributed by atoms with Gasteiger partial charge < -0.3 is 4.90 Å². The molecule has 1 aliphatic heterocycles. The van der Waals surface area contributed by atoms with E-state index in [1.54, 1.807) is 0 Å². The molecule has 1 aliphatic rings. The molecule has 0 amide bonds. The van der Waals surface area contributed by atoms with Gasteiger partial charge in [0.2, 0.25) is 5.95 Å². The predicted molar refractivity (Wildman–Crippen MR) is 83.7 cm³/mol. The molecule has 1 atom stereocenters. The van der Waals surface area contributed by atoms with Gasteiger partial charge in [-0.25, -0.2) is 9.97 Å². The molecule has 0 spiro atoms. The van der Waals surface area contributed by atoms with Crippen molar-refractivity contribution in [2.75, 3.05) is 11.4 Å². The lowest BCUT2D eigenvalue weighted by molar-refractivity contribution is -0.141. The predicted octanol–water partition coefficient (Wildman–Crippen LogP) is 3.37. The monoisotopic (exact) mass is 339 g/mol. The molecule has 2 aromatic heterocycles. The molecule has 0 saturated carbocycles. The Morgan fingerprint density at radius 3 is 2.71 bits per heavy atom. The Kier molecular flexibility index (Phi) is 4.47. The number of aromatic nitrogens is 4. The summed E-state index contributed by atoms with van der Waals surface area (Å²) in [6.07, 6.45) is -0.427. The van der Waals surface area contributed by atoms with Gasteiger partial charge >= 0.3 is 6.18 Å². The molecule has 0 N–H and O–H groups in total. The van der Waals surface area contributed by atoms with Crippen LogP contribution in [0, 0.1) is 13.8 Å². The van der Waals surface area contributed by atoms with E-state index in [9.17, 15) is 13.2 Å². The van der Waals surface area contributed by atoms with Crippen LogP contribution in [-0.4, -0.2) is 32.3 Å². The van der Waals surface area contributed by atoms with E-state index in [1.165, 1.54) is 6.20 Å². The molecule has 0 bridgehead atoms. The molecule has 0 aliphatic carbocycles. The van der Waals surface area contributed by atoms with Crippen molar-refractivity contribution in [3.8, 4) is 0 Å². The number of alkyl halides is 3. The molecular formula is C16H20F3N5. The lowest BCUT2D eigenvalue weighted by Gasteiger charge is -2.36. The summed E-state index contributed by atoms with van der Waals surface area (Å²) in [5.74, 6) is 0.149. The van der Waals surface area contributed by atoms with Crippen molar-refractivity contribution in [2.24, 2.45) is 0 Å². The number of hydrogen-bond acceptors (Lipinski definition) is 4. The van der Waals surface area contributed by atoms with Gasteiger partial charge in [0.1, 0.15) is 5.69 Å². The number of hydrogen-bond donors (Lipinski definition) is 0. The fourth-order valence-corrected chi connectivity index (χ4v) is 3.16. The van der Waals surface area contributed by atoms with Crippen molar-refractivity contribution in [3.63, 3.8) is 0 Å². The average molecular weight is 339 g/mol. The number of rotatable bonds is 3. The number of piperidine rings is 1. The second-order valence-electron chi connectivity index (χ2n) is 6.19. The van der Waals surface area contributed by atoms with Crippen molar-refractivity contribution in [2.45, 2.75) is 51.9 Å². The summed E-state index contributed by atoms with van der Waals surface area (Å²) in [5.41, 5.74) is 1.08. The summed E-state index contributed by atoms with van der Waals surface area (Å²) < 4.78 is 40.6. The highest BCUT2D eigenvalue weighted by Gasteiger charge is 2.34. The van der Waals surface area contributed by atoms with Crippen LogP contribution < -0.4 is 4.90 Å². The Bertz CT molecular complexity index is 710. The molecule has 24 heavy (non-hydrogen) atoms. The lowest BCUT2D eigenvalue weighted by Crippen LogP contribution is -2.43. The largest absolute Gasteiger partial charge is 0.433 e. The number of nitrogens with zero attached hydrogens (tertiary/aromatic N) is 5. The standard InChI is InChI=1S/C16H20F3N5/c1-11-9-12(2)24(22-11)10-13-5-3-4-8-23(13)15-20-7-6-14(21-15)16(17,18)19/h6-7,9,13H,3-5,8,10H2,1-2H3/t13-/m1/s1. The van der Waals surface area contributed by atoms with E-state index < -0.39 is 11.9 Å². The molecule has 1 saturated heterocycles. The second-order valence-corrected chi connectivity index (χ2v) is 6.19. The molecule has 5 nitrogen and oxygen atoms in total. The number of anilines is 1. The molecular weight excluding hydrogens is 319 g/mol. The summed E-state index contributed by atoms with van der Waals surface area (Å²) in [7, 11) is 0. The maximum atomic E-state index is 12.9. The first kappa shape index (κ1) is 16.7. The van der Waals surface area contributed by atoms with Crippen molar-refractivity contribution < 1.29 is 13.2 Å². The van der Waals surface area contributed by atoms with Crippen LogP contribution in [0.5, 0.6) is 0 Å². The van der Waals surface area contributed by atoms with Gasteiger partial charge in [-0.15, -0.1) is 0 Å². The quantitative estimate of drug-likeness (QED) is 0.860. The first-order chi connectivity index (χ1) is 11.3. The molecule has 3 rings (SSSR count). The molecule has 8 heteroatoms. The summed E-state index contributed by atoms with van der Waals surface area (Å²) in [5, 5.41) is 4.46. The molecule has 0 unspecified atom stereocenters. The molecule has 130 valence electrons. The maximum absolute atomic E-state index is 12.9. The second kappa shape index (κ2) is 6.41. The molecule has 2 aromatic rings. The molecule has 0 aromatic carbocycles. The Balaban J connectivity index is 1.86. The minimum absolute atomic E-state index is 0.0419. The minimum Gasteiger partial charge on any atom is -0.336 e. The van der Waals surface area contributed by atoms with Gasteiger partial charge in [-0.05, 0) is 45.2 Å². The highest BCUT2D eigenvalue weighted by Crippen LogP contribution is 2.30. The van der Waals surface area contributed by atoms with Gasteiger partial charge in [-0.1, -0.05) is 0 Å². The summed E-state index contributed by atoms with van der Waals surface area (Å²) in [6.45, 7) is 5.19. The fourth-order valence-electron chi connectivity index (χ4n) is 3.16. The van der Waals surface area contributed by atoms with Gasteiger partial charge in [0.25, 0.3) is 0 Å². The SMILES string of the molecule is Cc1cc(C)n(C[C@H]2CCCCN2c2nccc(C(F)(F)F)n2)n1. The van der Waals surface area contributed by atoms with Gasteiger partial charge in [0.05, 0.1) is 18.3 Å². The van der Waals surface area contributed by atoms with E-state index in [2.05, 4.69) is 15.1 Å². The van der Waals surface area contributed by atoms with E-state index in [0.29, 0.717) is 13.1 Å². The third-order valence-electron chi connectivity index (χ3n) is 4.30. The topological polar surface area (TPSA) is 46.8 Å². The number of aryl methyl sites for hydroxylation is 2. The zero-order valence-electron chi connectivity index (χ0n) is 13.7. The lowest BCUT2D eigenvalue weighted by atomic mass is 10.0. The average Bonchev–Trinajstić information content (AvgIpc) is 2.85. The summed E-state index contributed by atoms with van der Waals surface area (Å²) in [4.78, 5) is 9.71. The number of halogens is 3. The van der Waals surface area contributed by atoms with Crippen LogP contribution >= 0.6 is 0 Å². The Morgan fingerprint density at radius 2 is 2.04 bits per heavy atom. The highest BCUT2D eigenvalue weighted by molar-refractivity contribution is 5.33. The van der Waals surface area contributed by atoms with Crippen LogP contribution in [0.15, 0.2) is 18.3 Å². The maximum Gasteiger partial charge on any atom is 0.433 e. The van der Waals surface area contributed by atoms with Gasteiger partial charge in [0, 0.05) is 18.4 Å². The van der Waals surface area contributed by atoms with Crippen LogP contribution in [0.25, 0.3) is 0 Å². The Hall–Kier alpha value is -2.12. The van der Waals surface area contributed by atoms with Crippen molar-refractivity contribution in [1.29, 1.82) is 0 Å². The normalized spacial score (nSPS) is 18.9. The first-order valence-electron chi connectivity index (χ1n) is 8.02. The van der Waals surface area contributed by atoms with Gasteiger partial charge in [0.15, 0.2) is 0 Å². The fraction of sp³-hybridized carbons (Fsp3) is 0.562. The first-order valence-corrected chi connectivity index (χ1v) is 8.02. The highest BCUT2D eigenvalue weighted by atomic mass is 19.4. The molecule has 1 fully saturated rings. The van der Waals surface area contributed by atoms with Crippen molar-refractivity contribution in [3.05, 3.63) is 35.4 Å². The van der Waals surface area contributed by atoms with E-state index >= 15 is 0 Å². The summed E-state index contributed by atoms with van der Waals surface area (Å²) in [6, 6.07) is 2.94. The van der Waals surface area contributed by atoms with Crippen LogP contribution in [0.4, 0.5) is 19.1 Å². The molecule has 3 heterocycles. The van der Waals surface area contributed by atoms with E-state index in [-0.39, 0.29) is 12.0 Å². The van der Waals surface area contributed by atoms with E-state index in [0.717, 1.165) is 36.7 Å². The van der Waals surface area contributed by atoms with Crippen LogP contribution in [-0.2, 0) is 12.7 Å². The van der Waals surface area contributed by atoms with Gasteiger partial charge in [-0.3, -0.25) is 4.68 Å². The smallest absolute Gasteiger partial charge is 0.336 e. The zero-order chi connectivity index (χ0) is 17.3. The van der Waals surface area contributed by atoms with E-state index in [4.69, 9.17) is 0 Å². The van der Waals surface area contributed by atoms with E-state index in [1.807, 2.05) is 29.5 Å².